The van der Waals surface area contributed by atoms with E-state index in [1.54, 1.807) is 0 Å². The smallest absolute Gasteiger partial charge is 0.223 e. The minimum atomic E-state index is -0.313. The van der Waals surface area contributed by atoms with Crippen LogP contribution in [0.1, 0.15) is 45.4 Å². The van der Waals surface area contributed by atoms with Gasteiger partial charge in [0.2, 0.25) is 5.91 Å². The molecular formula is C13H23NO2. The number of hydrogen-bond acceptors (Lipinski definition) is 2. The average molecular weight is 225 g/mol. The molecule has 0 heterocycles. The first-order valence-electron chi connectivity index (χ1n) is 6.62. The predicted octanol–water partition coefficient (Wildman–Crippen LogP) is 1.70. The van der Waals surface area contributed by atoms with Gasteiger partial charge in [-0.2, -0.15) is 0 Å². The maximum Gasteiger partial charge on any atom is 0.223 e. The van der Waals surface area contributed by atoms with E-state index in [9.17, 15) is 9.90 Å². The van der Waals surface area contributed by atoms with Gasteiger partial charge in [0.15, 0.2) is 0 Å². The van der Waals surface area contributed by atoms with E-state index in [0.717, 1.165) is 31.6 Å². The van der Waals surface area contributed by atoms with Gasteiger partial charge < -0.3 is 10.4 Å². The van der Waals surface area contributed by atoms with E-state index in [1.807, 2.05) is 0 Å². The molecule has 92 valence electrons. The standard InChI is InChI=1S/C13H23NO2/c1-9-2-4-11(5-3-9)13(16)14-8-12(15)10-6-7-10/h9-12,15H,2-8H2,1H3,(H,14,16). The minimum absolute atomic E-state index is 0.159. The Labute approximate surface area is 97.6 Å². The van der Waals surface area contributed by atoms with Gasteiger partial charge in [0.25, 0.3) is 0 Å². The fourth-order valence-corrected chi connectivity index (χ4v) is 2.52. The molecule has 16 heavy (non-hydrogen) atoms. The van der Waals surface area contributed by atoms with Crippen molar-refractivity contribution in [1.82, 2.24) is 5.32 Å². The van der Waals surface area contributed by atoms with Crippen molar-refractivity contribution in [3.8, 4) is 0 Å². The maximum atomic E-state index is 11.8. The summed E-state index contributed by atoms with van der Waals surface area (Å²) >= 11 is 0. The molecule has 0 aromatic carbocycles. The Morgan fingerprint density at radius 1 is 1.25 bits per heavy atom. The SMILES string of the molecule is CC1CCC(C(=O)NCC(O)C2CC2)CC1. The van der Waals surface area contributed by atoms with Gasteiger partial charge in [-0.05, 0) is 50.4 Å². The molecule has 0 aromatic rings. The molecule has 2 fully saturated rings. The quantitative estimate of drug-likeness (QED) is 0.765. The maximum absolute atomic E-state index is 11.8. The second kappa shape index (κ2) is 5.17. The zero-order chi connectivity index (χ0) is 11.5. The molecule has 2 rings (SSSR count). The second-order valence-corrected chi connectivity index (χ2v) is 5.61. The Kier molecular flexibility index (Phi) is 3.85. The summed E-state index contributed by atoms with van der Waals surface area (Å²) in [6.45, 7) is 2.71. The topological polar surface area (TPSA) is 49.3 Å². The van der Waals surface area contributed by atoms with Crippen molar-refractivity contribution in [3.05, 3.63) is 0 Å². The van der Waals surface area contributed by atoms with Gasteiger partial charge >= 0.3 is 0 Å². The number of carbonyl (C=O) groups is 1. The van der Waals surface area contributed by atoms with Crippen LogP contribution in [0.2, 0.25) is 0 Å². The molecule has 2 N–H and O–H groups in total. The molecule has 0 spiro atoms. The monoisotopic (exact) mass is 225 g/mol. The van der Waals surface area contributed by atoms with Crippen LogP contribution in [-0.4, -0.2) is 23.7 Å². The number of aliphatic hydroxyl groups excluding tert-OH is 1. The number of carbonyl (C=O) groups excluding carboxylic acids is 1. The largest absolute Gasteiger partial charge is 0.391 e. The van der Waals surface area contributed by atoms with Gasteiger partial charge in [-0.15, -0.1) is 0 Å². The molecule has 3 heteroatoms. The zero-order valence-corrected chi connectivity index (χ0v) is 10.1. The van der Waals surface area contributed by atoms with E-state index >= 15 is 0 Å². The van der Waals surface area contributed by atoms with Crippen molar-refractivity contribution >= 4 is 5.91 Å². The highest BCUT2D eigenvalue weighted by Gasteiger charge is 2.30. The summed E-state index contributed by atoms with van der Waals surface area (Å²) in [5.74, 6) is 1.59. The number of rotatable bonds is 4. The highest BCUT2D eigenvalue weighted by Crippen LogP contribution is 2.32. The number of amides is 1. The van der Waals surface area contributed by atoms with Crippen LogP contribution in [0.3, 0.4) is 0 Å². The fraction of sp³-hybridized carbons (Fsp3) is 0.923. The first kappa shape index (κ1) is 11.9. The summed E-state index contributed by atoms with van der Waals surface area (Å²) in [5.41, 5.74) is 0. The molecule has 2 aliphatic rings. The molecular weight excluding hydrogens is 202 g/mol. The van der Waals surface area contributed by atoms with Crippen molar-refractivity contribution < 1.29 is 9.90 Å². The summed E-state index contributed by atoms with van der Waals surface area (Å²) in [6, 6.07) is 0. The van der Waals surface area contributed by atoms with Gasteiger partial charge in [-0.3, -0.25) is 4.79 Å². The molecule has 1 atom stereocenters. The molecule has 0 aromatic heterocycles. The lowest BCUT2D eigenvalue weighted by Crippen LogP contribution is -2.38. The van der Waals surface area contributed by atoms with Gasteiger partial charge in [-0.1, -0.05) is 6.92 Å². The summed E-state index contributed by atoms with van der Waals surface area (Å²) < 4.78 is 0. The van der Waals surface area contributed by atoms with E-state index in [0.29, 0.717) is 12.5 Å². The molecule has 0 saturated heterocycles. The zero-order valence-electron chi connectivity index (χ0n) is 10.1. The van der Waals surface area contributed by atoms with Crippen LogP contribution in [0.4, 0.5) is 0 Å². The van der Waals surface area contributed by atoms with Crippen LogP contribution in [0.25, 0.3) is 0 Å². The first-order chi connectivity index (χ1) is 7.66. The first-order valence-corrected chi connectivity index (χ1v) is 6.62. The summed E-state index contributed by atoms with van der Waals surface area (Å²) in [6.07, 6.45) is 6.31. The van der Waals surface area contributed by atoms with Crippen molar-refractivity contribution in [2.24, 2.45) is 17.8 Å². The van der Waals surface area contributed by atoms with Crippen LogP contribution >= 0.6 is 0 Å². The highest BCUT2D eigenvalue weighted by molar-refractivity contribution is 5.78. The molecule has 1 unspecified atom stereocenters. The van der Waals surface area contributed by atoms with E-state index < -0.39 is 0 Å². The molecule has 1 amide bonds. The van der Waals surface area contributed by atoms with Gasteiger partial charge in [0.1, 0.15) is 0 Å². The fourth-order valence-electron chi connectivity index (χ4n) is 2.52. The van der Waals surface area contributed by atoms with Gasteiger partial charge in [-0.25, -0.2) is 0 Å². The Morgan fingerprint density at radius 2 is 1.88 bits per heavy atom. The van der Waals surface area contributed by atoms with Crippen LogP contribution in [0.5, 0.6) is 0 Å². The van der Waals surface area contributed by atoms with Crippen LogP contribution in [0, 0.1) is 17.8 Å². The predicted molar refractivity (Wildman–Crippen MR) is 62.9 cm³/mol. The average Bonchev–Trinajstić information content (AvgIpc) is 3.10. The molecule has 0 aliphatic heterocycles. The van der Waals surface area contributed by atoms with Gasteiger partial charge in [0.05, 0.1) is 6.10 Å². The summed E-state index contributed by atoms with van der Waals surface area (Å²) in [7, 11) is 0. The van der Waals surface area contributed by atoms with E-state index in [2.05, 4.69) is 12.2 Å². The lowest BCUT2D eigenvalue weighted by Gasteiger charge is -2.25. The summed E-state index contributed by atoms with van der Waals surface area (Å²) in [5, 5.41) is 12.6. The Balaban J connectivity index is 1.66. The Morgan fingerprint density at radius 3 is 2.44 bits per heavy atom. The normalized spacial score (nSPS) is 32.1. The van der Waals surface area contributed by atoms with E-state index in [4.69, 9.17) is 0 Å². The third-order valence-corrected chi connectivity index (χ3v) is 4.04. The molecule has 2 aliphatic carbocycles. The second-order valence-electron chi connectivity index (χ2n) is 5.61. The third-order valence-electron chi connectivity index (χ3n) is 4.04. The third kappa shape index (κ3) is 3.21. The highest BCUT2D eigenvalue weighted by atomic mass is 16.3. The lowest BCUT2D eigenvalue weighted by atomic mass is 9.82. The van der Waals surface area contributed by atoms with Crippen molar-refractivity contribution in [3.63, 3.8) is 0 Å². The van der Waals surface area contributed by atoms with Crippen LogP contribution in [-0.2, 0) is 4.79 Å². The number of aliphatic hydroxyl groups is 1. The Hall–Kier alpha value is -0.570. The van der Waals surface area contributed by atoms with Crippen LogP contribution in [0.15, 0.2) is 0 Å². The van der Waals surface area contributed by atoms with Crippen molar-refractivity contribution in [2.75, 3.05) is 6.54 Å². The molecule has 3 nitrogen and oxygen atoms in total. The van der Waals surface area contributed by atoms with E-state index in [-0.39, 0.29) is 17.9 Å². The van der Waals surface area contributed by atoms with Crippen molar-refractivity contribution in [2.45, 2.75) is 51.6 Å². The van der Waals surface area contributed by atoms with Gasteiger partial charge in [0, 0.05) is 12.5 Å². The lowest BCUT2D eigenvalue weighted by molar-refractivity contribution is -0.126. The molecule has 0 bridgehead atoms. The van der Waals surface area contributed by atoms with E-state index in [1.165, 1.54) is 12.8 Å². The number of nitrogens with one attached hydrogen (secondary N) is 1. The molecule has 2 saturated carbocycles. The minimum Gasteiger partial charge on any atom is -0.391 e. The molecule has 0 radical (unpaired) electrons. The van der Waals surface area contributed by atoms with Crippen LogP contribution < -0.4 is 5.32 Å². The number of hydrogen-bond donors (Lipinski definition) is 2. The van der Waals surface area contributed by atoms with Crippen molar-refractivity contribution in [1.29, 1.82) is 0 Å². The Bertz CT molecular complexity index is 242. The summed E-state index contributed by atoms with van der Waals surface area (Å²) in [4.78, 5) is 11.8.